The maximum absolute atomic E-state index is 11.6. The molecule has 1 atom stereocenters. The molecule has 78 valence electrons. The SMILES string of the molecule is CCC(C#N)NC(=O)c1ccc(Cl)cc1. The Kier molecular flexibility index (Phi) is 4.14. The van der Waals surface area contributed by atoms with Crippen LogP contribution in [0.25, 0.3) is 0 Å². The average molecular weight is 223 g/mol. The van der Waals surface area contributed by atoms with Crippen LogP contribution < -0.4 is 5.32 Å². The standard InChI is InChI=1S/C11H11ClN2O/c1-2-10(7-13)14-11(15)8-3-5-9(12)6-4-8/h3-6,10H,2H2,1H3,(H,14,15). The number of nitriles is 1. The normalized spacial score (nSPS) is 11.5. The van der Waals surface area contributed by atoms with Crippen molar-refractivity contribution in [2.24, 2.45) is 0 Å². The maximum Gasteiger partial charge on any atom is 0.252 e. The van der Waals surface area contributed by atoms with Crippen LogP contribution in [-0.4, -0.2) is 11.9 Å². The van der Waals surface area contributed by atoms with Gasteiger partial charge in [0, 0.05) is 10.6 Å². The number of nitrogens with one attached hydrogen (secondary N) is 1. The first-order valence-corrected chi connectivity index (χ1v) is 5.01. The summed E-state index contributed by atoms with van der Waals surface area (Å²) >= 11 is 5.69. The molecule has 0 fully saturated rings. The number of carbonyl (C=O) groups excluding carboxylic acids is 1. The van der Waals surface area contributed by atoms with Crippen molar-refractivity contribution < 1.29 is 4.79 Å². The zero-order valence-electron chi connectivity index (χ0n) is 8.33. The van der Waals surface area contributed by atoms with Crippen LogP contribution in [-0.2, 0) is 0 Å². The summed E-state index contributed by atoms with van der Waals surface area (Å²) < 4.78 is 0. The van der Waals surface area contributed by atoms with Crippen molar-refractivity contribution in [1.82, 2.24) is 5.32 Å². The van der Waals surface area contributed by atoms with Gasteiger partial charge < -0.3 is 5.32 Å². The van der Waals surface area contributed by atoms with Crippen molar-refractivity contribution in [2.75, 3.05) is 0 Å². The van der Waals surface area contributed by atoms with E-state index in [-0.39, 0.29) is 5.91 Å². The first-order chi connectivity index (χ1) is 7.17. The zero-order valence-corrected chi connectivity index (χ0v) is 9.08. The van der Waals surface area contributed by atoms with Gasteiger partial charge in [0.05, 0.1) is 6.07 Å². The van der Waals surface area contributed by atoms with E-state index >= 15 is 0 Å². The molecule has 0 spiro atoms. The maximum atomic E-state index is 11.6. The van der Waals surface area contributed by atoms with Crippen LogP contribution in [0.3, 0.4) is 0 Å². The monoisotopic (exact) mass is 222 g/mol. The van der Waals surface area contributed by atoms with Gasteiger partial charge in [0.1, 0.15) is 6.04 Å². The molecule has 1 N–H and O–H groups in total. The summed E-state index contributed by atoms with van der Waals surface area (Å²) in [5, 5.41) is 11.9. The first kappa shape index (κ1) is 11.5. The lowest BCUT2D eigenvalue weighted by atomic mass is 10.2. The molecule has 1 rings (SSSR count). The minimum absolute atomic E-state index is 0.250. The molecule has 4 heteroatoms. The van der Waals surface area contributed by atoms with Crippen LogP contribution in [0.1, 0.15) is 23.7 Å². The van der Waals surface area contributed by atoms with E-state index in [1.807, 2.05) is 13.0 Å². The van der Waals surface area contributed by atoms with Gasteiger partial charge in [-0.05, 0) is 30.7 Å². The highest BCUT2D eigenvalue weighted by molar-refractivity contribution is 6.30. The fourth-order valence-electron chi connectivity index (χ4n) is 1.07. The molecule has 1 aromatic rings. The molecule has 0 saturated heterocycles. The Labute approximate surface area is 93.7 Å². The first-order valence-electron chi connectivity index (χ1n) is 4.63. The Morgan fingerprint density at radius 2 is 2.13 bits per heavy atom. The highest BCUT2D eigenvalue weighted by atomic mass is 35.5. The van der Waals surface area contributed by atoms with E-state index < -0.39 is 6.04 Å². The summed E-state index contributed by atoms with van der Waals surface area (Å²) in [5.74, 6) is -0.250. The number of nitrogens with zero attached hydrogens (tertiary/aromatic N) is 1. The van der Waals surface area contributed by atoms with E-state index in [0.717, 1.165) is 0 Å². The van der Waals surface area contributed by atoms with Crippen molar-refractivity contribution in [1.29, 1.82) is 5.26 Å². The number of benzene rings is 1. The smallest absolute Gasteiger partial charge is 0.252 e. The minimum Gasteiger partial charge on any atom is -0.336 e. The summed E-state index contributed by atoms with van der Waals surface area (Å²) in [6, 6.07) is 8.11. The molecule has 0 aliphatic rings. The Morgan fingerprint density at radius 1 is 1.53 bits per heavy atom. The third-order valence-corrected chi connectivity index (χ3v) is 2.23. The highest BCUT2D eigenvalue weighted by Gasteiger charge is 2.10. The minimum atomic E-state index is -0.437. The molecule has 15 heavy (non-hydrogen) atoms. The molecule has 0 aromatic heterocycles. The van der Waals surface area contributed by atoms with Crippen LogP contribution >= 0.6 is 11.6 Å². The van der Waals surface area contributed by atoms with E-state index in [0.29, 0.717) is 17.0 Å². The second kappa shape index (κ2) is 5.38. The van der Waals surface area contributed by atoms with Gasteiger partial charge in [-0.25, -0.2) is 0 Å². The molecular weight excluding hydrogens is 212 g/mol. The zero-order chi connectivity index (χ0) is 11.3. The van der Waals surface area contributed by atoms with Gasteiger partial charge >= 0.3 is 0 Å². The summed E-state index contributed by atoms with van der Waals surface area (Å²) in [7, 11) is 0. The number of rotatable bonds is 3. The highest BCUT2D eigenvalue weighted by Crippen LogP contribution is 2.09. The van der Waals surface area contributed by atoms with Crippen molar-refractivity contribution in [3.63, 3.8) is 0 Å². The van der Waals surface area contributed by atoms with E-state index in [2.05, 4.69) is 5.32 Å². The van der Waals surface area contributed by atoms with Gasteiger partial charge in [0.15, 0.2) is 0 Å². The predicted molar refractivity (Wildman–Crippen MR) is 58.6 cm³/mol. The van der Waals surface area contributed by atoms with Crippen LogP contribution in [0.5, 0.6) is 0 Å². The summed E-state index contributed by atoms with van der Waals surface area (Å²) in [6.07, 6.45) is 0.593. The van der Waals surface area contributed by atoms with Crippen molar-refractivity contribution in [3.05, 3.63) is 34.9 Å². The van der Waals surface area contributed by atoms with Gasteiger partial charge in [0.2, 0.25) is 0 Å². The van der Waals surface area contributed by atoms with Crippen LogP contribution in [0.4, 0.5) is 0 Å². The van der Waals surface area contributed by atoms with E-state index in [1.54, 1.807) is 24.3 Å². The second-order valence-corrected chi connectivity index (χ2v) is 3.51. The number of hydrogen-bond donors (Lipinski definition) is 1. The largest absolute Gasteiger partial charge is 0.336 e. The molecule has 1 aromatic carbocycles. The molecular formula is C11H11ClN2O. The molecule has 0 aliphatic heterocycles. The van der Waals surface area contributed by atoms with Gasteiger partial charge in [-0.15, -0.1) is 0 Å². The fraction of sp³-hybridized carbons (Fsp3) is 0.273. The third-order valence-electron chi connectivity index (χ3n) is 1.98. The van der Waals surface area contributed by atoms with Crippen LogP contribution in [0, 0.1) is 11.3 Å². The summed E-state index contributed by atoms with van der Waals surface area (Å²) in [6.45, 7) is 1.84. The molecule has 0 saturated carbocycles. The number of amides is 1. The Hall–Kier alpha value is -1.53. The van der Waals surface area contributed by atoms with E-state index in [9.17, 15) is 4.79 Å². The van der Waals surface area contributed by atoms with Gasteiger partial charge in [0.25, 0.3) is 5.91 Å². The molecule has 0 radical (unpaired) electrons. The van der Waals surface area contributed by atoms with Gasteiger partial charge in [-0.3, -0.25) is 4.79 Å². The Balaban J connectivity index is 2.70. The second-order valence-electron chi connectivity index (χ2n) is 3.07. The van der Waals surface area contributed by atoms with Crippen molar-refractivity contribution in [2.45, 2.75) is 19.4 Å². The van der Waals surface area contributed by atoms with E-state index in [1.165, 1.54) is 0 Å². The number of hydrogen-bond acceptors (Lipinski definition) is 2. The molecule has 0 heterocycles. The van der Waals surface area contributed by atoms with Crippen LogP contribution in [0.15, 0.2) is 24.3 Å². The van der Waals surface area contributed by atoms with Gasteiger partial charge in [-0.2, -0.15) is 5.26 Å². The molecule has 1 amide bonds. The Bertz CT molecular complexity index is 381. The van der Waals surface area contributed by atoms with Gasteiger partial charge in [-0.1, -0.05) is 18.5 Å². The predicted octanol–water partition coefficient (Wildman–Crippen LogP) is 2.37. The lowest BCUT2D eigenvalue weighted by Crippen LogP contribution is -2.33. The van der Waals surface area contributed by atoms with Crippen molar-refractivity contribution in [3.8, 4) is 6.07 Å². The molecule has 1 unspecified atom stereocenters. The van der Waals surface area contributed by atoms with E-state index in [4.69, 9.17) is 16.9 Å². The van der Waals surface area contributed by atoms with Crippen molar-refractivity contribution >= 4 is 17.5 Å². The number of halogens is 1. The lowest BCUT2D eigenvalue weighted by Gasteiger charge is -2.08. The molecule has 0 bridgehead atoms. The Morgan fingerprint density at radius 3 is 2.60 bits per heavy atom. The van der Waals surface area contributed by atoms with Crippen LogP contribution in [0.2, 0.25) is 5.02 Å². The lowest BCUT2D eigenvalue weighted by molar-refractivity contribution is 0.0944. The number of carbonyl (C=O) groups is 1. The molecule has 3 nitrogen and oxygen atoms in total. The molecule has 0 aliphatic carbocycles. The topological polar surface area (TPSA) is 52.9 Å². The third kappa shape index (κ3) is 3.26. The summed E-state index contributed by atoms with van der Waals surface area (Å²) in [5.41, 5.74) is 0.508. The average Bonchev–Trinajstić information content (AvgIpc) is 2.26. The quantitative estimate of drug-likeness (QED) is 0.854. The fourth-order valence-corrected chi connectivity index (χ4v) is 1.19. The summed E-state index contributed by atoms with van der Waals surface area (Å²) in [4.78, 5) is 11.6.